The first-order chi connectivity index (χ1) is 4.27. The molecule has 0 amide bonds. The number of hydroxylamine groups is 1. The monoisotopic (exact) mass is 131 g/mol. The molecule has 0 bridgehead atoms. The number of hydrogen-bond acceptors (Lipinski definition) is 3. The number of rotatable bonds is 5. The van der Waals surface area contributed by atoms with E-state index in [0.717, 1.165) is 0 Å². The lowest BCUT2D eigenvalue weighted by Gasteiger charge is -2.04. The van der Waals surface area contributed by atoms with Gasteiger partial charge in [-0.15, -0.1) is 6.58 Å². The molecular formula is C6H13NO2. The molecule has 9 heavy (non-hydrogen) atoms. The third-order valence-electron chi connectivity index (χ3n) is 0.682. The molecule has 0 spiro atoms. The van der Waals surface area contributed by atoms with Gasteiger partial charge in [0, 0.05) is 6.54 Å². The van der Waals surface area contributed by atoms with Crippen LogP contribution in [0.2, 0.25) is 0 Å². The fraction of sp³-hybridized carbons (Fsp3) is 0.667. The predicted octanol–water partition coefficient (Wildman–Crippen LogP) is 0.0744. The molecule has 0 aliphatic carbocycles. The second-order valence-corrected chi connectivity index (χ2v) is 1.80. The second kappa shape index (κ2) is 5.75. The first-order valence-electron chi connectivity index (χ1n) is 2.91. The van der Waals surface area contributed by atoms with E-state index >= 15 is 0 Å². The Labute approximate surface area is 55.3 Å². The van der Waals surface area contributed by atoms with Crippen LogP contribution in [-0.2, 0) is 4.84 Å². The van der Waals surface area contributed by atoms with Gasteiger partial charge in [0.2, 0.25) is 0 Å². The Morgan fingerprint density at radius 1 is 1.89 bits per heavy atom. The predicted molar refractivity (Wildman–Crippen MR) is 35.8 cm³/mol. The van der Waals surface area contributed by atoms with Crippen LogP contribution in [0.4, 0.5) is 0 Å². The molecule has 0 rings (SSSR count). The lowest BCUT2D eigenvalue weighted by atomic mass is 10.4. The van der Waals surface area contributed by atoms with E-state index in [2.05, 4.69) is 12.1 Å². The average Bonchev–Trinajstić information content (AvgIpc) is 1.80. The quantitative estimate of drug-likeness (QED) is 0.315. The van der Waals surface area contributed by atoms with Crippen LogP contribution in [0.3, 0.4) is 0 Å². The van der Waals surface area contributed by atoms with Crippen LogP contribution in [0.15, 0.2) is 12.7 Å². The third kappa shape index (κ3) is 7.62. The zero-order valence-electron chi connectivity index (χ0n) is 5.63. The van der Waals surface area contributed by atoms with Crippen molar-refractivity contribution in [2.24, 2.45) is 0 Å². The topological polar surface area (TPSA) is 41.5 Å². The zero-order valence-corrected chi connectivity index (χ0v) is 5.63. The van der Waals surface area contributed by atoms with Gasteiger partial charge in [0.05, 0.1) is 12.7 Å². The van der Waals surface area contributed by atoms with E-state index in [1.54, 1.807) is 13.0 Å². The van der Waals surface area contributed by atoms with Crippen molar-refractivity contribution in [2.45, 2.75) is 13.0 Å². The van der Waals surface area contributed by atoms with Gasteiger partial charge < -0.3 is 5.11 Å². The van der Waals surface area contributed by atoms with Crippen LogP contribution >= 0.6 is 0 Å². The molecule has 2 N–H and O–H groups in total. The maximum Gasteiger partial charge on any atom is 0.0861 e. The summed E-state index contributed by atoms with van der Waals surface area (Å²) in [5, 5.41) is 8.68. The highest BCUT2D eigenvalue weighted by atomic mass is 16.6. The van der Waals surface area contributed by atoms with E-state index < -0.39 is 0 Å². The van der Waals surface area contributed by atoms with Crippen molar-refractivity contribution in [1.29, 1.82) is 0 Å². The number of aliphatic hydroxyl groups excluding tert-OH is 1. The standard InChI is InChI=1S/C6H13NO2/c1-3-4-9-7-5-6(2)8/h3,6-8H,1,4-5H2,2H3. The van der Waals surface area contributed by atoms with E-state index in [1.807, 2.05) is 0 Å². The van der Waals surface area contributed by atoms with Crippen LogP contribution in [0.5, 0.6) is 0 Å². The molecule has 3 nitrogen and oxygen atoms in total. The van der Waals surface area contributed by atoms with Gasteiger partial charge in [-0.3, -0.25) is 4.84 Å². The Hall–Kier alpha value is -0.380. The molecule has 0 saturated carbocycles. The van der Waals surface area contributed by atoms with Gasteiger partial charge in [-0.2, -0.15) is 5.48 Å². The largest absolute Gasteiger partial charge is 0.392 e. The van der Waals surface area contributed by atoms with Crippen molar-refractivity contribution in [3.05, 3.63) is 12.7 Å². The summed E-state index contributed by atoms with van der Waals surface area (Å²) >= 11 is 0. The Bertz CT molecular complexity index is 73.5. The van der Waals surface area contributed by atoms with E-state index in [1.165, 1.54) is 0 Å². The molecule has 0 aromatic rings. The van der Waals surface area contributed by atoms with E-state index in [0.29, 0.717) is 13.2 Å². The molecule has 3 heteroatoms. The Morgan fingerprint density at radius 2 is 2.56 bits per heavy atom. The number of hydrogen-bond donors (Lipinski definition) is 2. The molecule has 0 fully saturated rings. The average molecular weight is 131 g/mol. The third-order valence-corrected chi connectivity index (χ3v) is 0.682. The molecule has 0 aliphatic rings. The lowest BCUT2D eigenvalue weighted by Crippen LogP contribution is -2.24. The Balaban J connectivity index is 2.82. The van der Waals surface area contributed by atoms with Gasteiger partial charge in [0.15, 0.2) is 0 Å². The van der Waals surface area contributed by atoms with Gasteiger partial charge in [-0.1, -0.05) is 6.08 Å². The van der Waals surface area contributed by atoms with Gasteiger partial charge in [0.25, 0.3) is 0 Å². The SMILES string of the molecule is C=CCONCC(C)O. The van der Waals surface area contributed by atoms with Crippen molar-refractivity contribution >= 4 is 0 Å². The highest BCUT2D eigenvalue weighted by Gasteiger charge is 1.91. The fourth-order valence-electron chi connectivity index (χ4n) is 0.297. The molecule has 0 aromatic carbocycles. The van der Waals surface area contributed by atoms with Gasteiger partial charge in [-0.25, -0.2) is 0 Å². The minimum absolute atomic E-state index is 0.366. The van der Waals surface area contributed by atoms with Gasteiger partial charge >= 0.3 is 0 Å². The Kier molecular flexibility index (Phi) is 5.51. The summed E-state index contributed by atoms with van der Waals surface area (Å²) in [5.74, 6) is 0. The maximum atomic E-state index is 8.68. The highest BCUT2D eigenvalue weighted by Crippen LogP contribution is 1.74. The summed E-state index contributed by atoms with van der Waals surface area (Å²) in [6.45, 7) is 6.05. The van der Waals surface area contributed by atoms with Gasteiger partial charge in [-0.05, 0) is 6.92 Å². The maximum absolute atomic E-state index is 8.68. The zero-order chi connectivity index (χ0) is 7.11. The van der Waals surface area contributed by atoms with Crippen LogP contribution in [0.1, 0.15) is 6.92 Å². The molecule has 1 unspecified atom stereocenters. The smallest absolute Gasteiger partial charge is 0.0861 e. The Morgan fingerprint density at radius 3 is 3.00 bits per heavy atom. The van der Waals surface area contributed by atoms with Crippen molar-refractivity contribution in [2.75, 3.05) is 13.2 Å². The molecule has 0 saturated heterocycles. The molecule has 0 radical (unpaired) electrons. The summed E-state index contributed by atoms with van der Waals surface area (Å²) < 4.78 is 0. The van der Waals surface area contributed by atoms with Crippen molar-refractivity contribution < 1.29 is 9.94 Å². The summed E-state index contributed by atoms with van der Waals surface area (Å²) in [7, 11) is 0. The van der Waals surface area contributed by atoms with Crippen LogP contribution in [0.25, 0.3) is 0 Å². The first-order valence-corrected chi connectivity index (χ1v) is 2.91. The molecule has 54 valence electrons. The number of nitrogens with one attached hydrogen (secondary N) is 1. The van der Waals surface area contributed by atoms with E-state index in [4.69, 9.17) is 9.94 Å². The number of aliphatic hydroxyl groups is 1. The van der Waals surface area contributed by atoms with Crippen molar-refractivity contribution in [1.82, 2.24) is 5.48 Å². The molecule has 0 aliphatic heterocycles. The van der Waals surface area contributed by atoms with Crippen LogP contribution in [-0.4, -0.2) is 24.4 Å². The molecule has 0 heterocycles. The summed E-state index contributed by atoms with van der Waals surface area (Å²) in [4.78, 5) is 4.77. The molecular weight excluding hydrogens is 118 g/mol. The van der Waals surface area contributed by atoms with Crippen molar-refractivity contribution in [3.8, 4) is 0 Å². The van der Waals surface area contributed by atoms with Crippen molar-refractivity contribution in [3.63, 3.8) is 0 Å². The normalized spacial score (nSPS) is 13.1. The fourth-order valence-corrected chi connectivity index (χ4v) is 0.297. The minimum atomic E-state index is -0.366. The van der Waals surface area contributed by atoms with Crippen LogP contribution < -0.4 is 5.48 Å². The summed E-state index contributed by atoms with van der Waals surface area (Å²) in [6.07, 6.45) is 1.27. The molecule has 0 aromatic heterocycles. The summed E-state index contributed by atoms with van der Waals surface area (Å²) in [5.41, 5.74) is 2.56. The van der Waals surface area contributed by atoms with E-state index in [9.17, 15) is 0 Å². The van der Waals surface area contributed by atoms with Gasteiger partial charge in [0.1, 0.15) is 0 Å². The minimum Gasteiger partial charge on any atom is -0.392 e. The summed E-state index contributed by atoms with van der Waals surface area (Å²) in [6, 6.07) is 0. The van der Waals surface area contributed by atoms with Crippen LogP contribution in [0, 0.1) is 0 Å². The molecule has 1 atom stereocenters. The second-order valence-electron chi connectivity index (χ2n) is 1.80. The highest BCUT2D eigenvalue weighted by molar-refractivity contribution is 4.62. The first kappa shape index (κ1) is 8.62. The lowest BCUT2D eigenvalue weighted by molar-refractivity contribution is 0.0343. The van der Waals surface area contributed by atoms with E-state index in [-0.39, 0.29) is 6.10 Å².